The molecule has 0 saturated carbocycles. The summed E-state index contributed by atoms with van der Waals surface area (Å²) >= 11 is 3.30. The van der Waals surface area contributed by atoms with Crippen LogP contribution in [0.4, 0.5) is 5.69 Å². The van der Waals surface area contributed by atoms with Gasteiger partial charge in [-0.1, -0.05) is 12.1 Å². The minimum atomic E-state index is -0.628. The minimum absolute atomic E-state index is 0.0539. The van der Waals surface area contributed by atoms with Crippen LogP contribution in [0.1, 0.15) is 10.4 Å². The molecule has 0 bridgehead atoms. The zero-order chi connectivity index (χ0) is 15.2. The van der Waals surface area contributed by atoms with Gasteiger partial charge in [-0.05, 0) is 52.3 Å². The molecule has 0 unspecified atom stereocenters. The van der Waals surface area contributed by atoms with Crippen LogP contribution in [0.5, 0.6) is 5.75 Å². The van der Waals surface area contributed by atoms with Crippen molar-refractivity contribution in [3.05, 3.63) is 58.6 Å². The second kappa shape index (κ2) is 6.90. The van der Waals surface area contributed by atoms with Crippen molar-refractivity contribution in [1.82, 2.24) is 0 Å². The van der Waals surface area contributed by atoms with Crippen molar-refractivity contribution in [1.29, 1.82) is 0 Å². The summed E-state index contributed by atoms with van der Waals surface area (Å²) in [4.78, 5) is 23.4. The van der Waals surface area contributed by atoms with Crippen molar-refractivity contribution in [2.75, 3.05) is 11.9 Å². The number of para-hydroxylation sites is 1. The highest BCUT2D eigenvalue weighted by Gasteiger charge is 2.11. The van der Waals surface area contributed by atoms with Crippen LogP contribution >= 0.6 is 15.9 Å². The maximum atomic E-state index is 11.7. The summed E-state index contributed by atoms with van der Waals surface area (Å²) in [5, 5.41) is 11.7. The molecule has 0 aliphatic carbocycles. The number of halogens is 1. The lowest BCUT2D eigenvalue weighted by molar-refractivity contribution is -0.119. The Bertz CT molecular complexity index is 655. The first-order valence-corrected chi connectivity index (χ1v) is 6.86. The molecule has 5 nitrogen and oxygen atoms in total. The number of hydrogen-bond donors (Lipinski definition) is 2. The number of esters is 1. The molecule has 0 radical (unpaired) electrons. The van der Waals surface area contributed by atoms with Crippen molar-refractivity contribution in [3.63, 3.8) is 0 Å². The highest BCUT2D eigenvalue weighted by atomic mass is 79.9. The summed E-state index contributed by atoms with van der Waals surface area (Å²) in [6.45, 7) is -0.388. The molecule has 2 aromatic carbocycles. The van der Waals surface area contributed by atoms with Gasteiger partial charge < -0.3 is 15.2 Å². The number of carbonyl (C=O) groups excluding carboxylic acids is 2. The monoisotopic (exact) mass is 349 g/mol. The van der Waals surface area contributed by atoms with Crippen molar-refractivity contribution < 1.29 is 19.4 Å². The molecule has 2 rings (SSSR count). The lowest BCUT2D eigenvalue weighted by atomic mass is 10.2. The van der Waals surface area contributed by atoms with Crippen LogP contribution in [0.15, 0.2) is 53.0 Å². The van der Waals surface area contributed by atoms with Gasteiger partial charge >= 0.3 is 5.97 Å². The van der Waals surface area contributed by atoms with Gasteiger partial charge in [0, 0.05) is 4.47 Å². The molecular formula is C15H12BrNO4. The Hall–Kier alpha value is -2.34. The smallest absolute Gasteiger partial charge is 0.338 e. The van der Waals surface area contributed by atoms with Gasteiger partial charge in [-0.2, -0.15) is 0 Å². The molecule has 0 heterocycles. The van der Waals surface area contributed by atoms with Crippen LogP contribution in [0.25, 0.3) is 0 Å². The van der Waals surface area contributed by atoms with Crippen molar-refractivity contribution >= 4 is 33.5 Å². The van der Waals surface area contributed by atoms with Gasteiger partial charge in [0.05, 0.1) is 11.3 Å². The summed E-state index contributed by atoms with van der Waals surface area (Å²) < 4.78 is 5.63. The Balaban J connectivity index is 1.88. The number of aromatic hydroxyl groups is 1. The molecule has 108 valence electrons. The number of carbonyl (C=O) groups is 2. The van der Waals surface area contributed by atoms with E-state index in [0.29, 0.717) is 5.69 Å². The number of nitrogens with one attached hydrogen (secondary N) is 1. The second-order valence-electron chi connectivity index (χ2n) is 4.15. The van der Waals surface area contributed by atoms with E-state index in [0.717, 1.165) is 4.47 Å². The summed E-state index contributed by atoms with van der Waals surface area (Å²) in [7, 11) is 0. The van der Waals surface area contributed by atoms with Crippen LogP contribution in [0.2, 0.25) is 0 Å². The first-order chi connectivity index (χ1) is 10.1. The second-order valence-corrected chi connectivity index (χ2v) is 5.01. The summed E-state index contributed by atoms with van der Waals surface area (Å²) in [5.41, 5.74) is 0.865. The molecule has 21 heavy (non-hydrogen) atoms. The Morgan fingerprint density at radius 3 is 2.43 bits per heavy atom. The molecule has 6 heteroatoms. The van der Waals surface area contributed by atoms with Gasteiger partial charge in [0.15, 0.2) is 6.61 Å². The zero-order valence-electron chi connectivity index (χ0n) is 10.9. The van der Waals surface area contributed by atoms with Gasteiger partial charge in [-0.3, -0.25) is 4.79 Å². The fourth-order valence-corrected chi connectivity index (χ4v) is 1.94. The Labute approximate surface area is 129 Å². The van der Waals surface area contributed by atoms with E-state index in [2.05, 4.69) is 21.2 Å². The molecule has 0 fully saturated rings. The van der Waals surface area contributed by atoms with E-state index in [1.165, 1.54) is 24.3 Å². The number of benzene rings is 2. The maximum Gasteiger partial charge on any atom is 0.338 e. The predicted molar refractivity (Wildman–Crippen MR) is 81.2 cm³/mol. The predicted octanol–water partition coefficient (Wildman–Crippen LogP) is 2.95. The SMILES string of the molecule is O=C(COC(=O)c1ccc(O)cc1)Nc1ccccc1Br. The molecule has 0 aromatic heterocycles. The Morgan fingerprint density at radius 2 is 1.76 bits per heavy atom. The highest BCUT2D eigenvalue weighted by molar-refractivity contribution is 9.10. The molecule has 0 aliphatic rings. The fourth-order valence-electron chi connectivity index (χ4n) is 1.56. The average molecular weight is 350 g/mol. The van der Waals surface area contributed by atoms with Gasteiger partial charge in [-0.15, -0.1) is 0 Å². The first-order valence-electron chi connectivity index (χ1n) is 6.07. The standard InChI is InChI=1S/C15H12BrNO4/c16-12-3-1-2-4-13(12)17-14(19)9-21-15(20)10-5-7-11(18)8-6-10/h1-8,18H,9H2,(H,17,19). The minimum Gasteiger partial charge on any atom is -0.508 e. The number of anilines is 1. The topological polar surface area (TPSA) is 75.6 Å². The Kier molecular flexibility index (Phi) is 4.94. The third-order valence-electron chi connectivity index (χ3n) is 2.59. The number of amides is 1. The lowest BCUT2D eigenvalue weighted by Crippen LogP contribution is -2.21. The van der Waals surface area contributed by atoms with E-state index >= 15 is 0 Å². The van der Waals surface area contributed by atoms with Crippen molar-refractivity contribution in [2.45, 2.75) is 0 Å². The molecule has 2 aromatic rings. The summed E-state index contributed by atoms with van der Waals surface area (Å²) in [5.74, 6) is -1.01. The van der Waals surface area contributed by atoms with E-state index in [4.69, 9.17) is 9.84 Å². The molecule has 0 atom stereocenters. The van der Waals surface area contributed by atoms with E-state index in [1.54, 1.807) is 18.2 Å². The number of phenols is 1. The average Bonchev–Trinajstić information content (AvgIpc) is 2.48. The highest BCUT2D eigenvalue weighted by Crippen LogP contribution is 2.21. The molecule has 2 N–H and O–H groups in total. The maximum absolute atomic E-state index is 11.7. The number of phenolic OH excluding ortho intramolecular Hbond substituents is 1. The number of rotatable bonds is 4. The number of hydrogen-bond acceptors (Lipinski definition) is 4. The molecular weight excluding hydrogens is 338 g/mol. The van der Waals surface area contributed by atoms with Gasteiger partial charge in [0.25, 0.3) is 5.91 Å². The molecule has 0 saturated heterocycles. The summed E-state index contributed by atoms with van der Waals surface area (Å²) in [6.07, 6.45) is 0. The van der Waals surface area contributed by atoms with Crippen LogP contribution < -0.4 is 5.32 Å². The van der Waals surface area contributed by atoms with Crippen molar-refractivity contribution in [3.8, 4) is 5.75 Å². The Morgan fingerprint density at radius 1 is 1.10 bits per heavy atom. The quantitative estimate of drug-likeness (QED) is 0.832. The van der Waals surface area contributed by atoms with Crippen LogP contribution in [0, 0.1) is 0 Å². The third kappa shape index (κ3) is 4.32. The third-order valence-corrected chi connectivity index (χ3v) is 3.28. The van der Waals surface area contributed by atoms with Crippen molar-refractivity contribution in [2.24, 2.45) is 0 Å². The molecule has 1 amide bonds. The summed E-state index contributed by atoms with van der Waals surface area (Å²) in [6, 6.07) is 12.7. The normalized spacial score (nSPS) is 9.95. The van der Waals surface area contributed by atoms with Gasteiger partial charge in [-0.25, -0.2) is 4.79 Å². The van der Waals surface area contributed by atoms with Crippen LogP contribution in [-0.4, -0.2) is 23.6 Å². The number of ether oxygens (including phenoxy) is 1. The molecule has 0 aliphatic heterocycles. The van der Waals surface area contributed by atoms with E-state index in [9.17, 15) is 9.59 Å². The van der Waals surface area contributed by atoms with Crippen LogP contribution in [0.3, 0.4) is 0 Å². The van der Waals surface area contributed by atoms with E-state index in [1.807, 2.05) is 6.07 Å². The molecule has 0 spiro atoms. The lowest BCUT2D eigenvalue weighted by Gasteiger charge is -2.08. The zero-order valence-corrected chi connectivity index (χ0v) is 12.5. The van der Waals surface area contributed by atoms with E-state index < -0.39 is 11.9 Å². The van der Waals surface area contributed by atoms with Gasteiger partial charge in [0.2, 0.25) is 0 Å². The largest absolute Gasteiger partial charge is 0.508 e. The van der Waals surface area contributed by atoms with E-state index in [-0.39, 0.29) is 17.9 Å². The first kappa shape index (κ1) is 15.1. The fraction of sp³-hybridized carbons (Fsp3) is 0.0667. The van der Waals surface area contributed by atoms with Crippen LogP contribution in [-0.2, 0) is 9.53 Å². The van der Waals surface area contributed by atoms with Gasteiger partial charge in [0.1, 0.15) is 5.75 Å².